The highest BCUT2D eigenvalue weighted by Crippen LogP contribution is 2.12. The number of hydrogen-bond donors (Lipinski definition) is 1. The second-order valence-corrected chi connectivity index (χ2v) is 2.76. The molecule has 0 spiro atoms. The highest BCUT2D eigenvalue weighted by atomic mass is 16.5. The lowest BCUT2D eigenvalue weighted by molar-refractivity contribution is 0.390. The Morgan fingerprint density at radius 3 is 3.21 bits per heavy atom. The van der Waals surface area contributed by atoms with Crippen molar-refractivity contribution < 1.29 is 4.74 Å². The molecule has 0 amide bonds. The maximum Gasteiger partial charge on any atom is 0.217 e. The first-order valence-corrected chi connectivity index (χ1v) is 4.44. The van der Waals surface area contributed by atoms with Gasteiger partial charge in [-0.3, -0.25) is 0 Å². The van der Waals surface area contributed by atoms with E-state index in [0.717, 1.165) is 5.56 Å². The van der Waals surface area contributed by atoms with Gasteiger partial charge >= 0.3 is 0 Å². The predicted molar refractivity (Wildman–Crippen MR) is 52.7 cm³/mol. The lowest BCUT2D eigenvalue weighted by Gasteiger charge is -2.06. The normalized spacial score (nSPS) is 9.43. The molecule has 0 fully saturated rings. The SMILES string of the molecule is COc1ncccc1CNCCC#N. The van der Waals surface area contributed by atoms with Crippen LogP contribution in [0.3, 0.4) is 0 Å². The standard InChI is InChI=1S/C10H13N3O/c1-14-10-9(4-2-7-13-10)8-12-6-3-5-11/h2,4,7,12H,3,6,8H2,1H3. The zero-order valence-electron chi connectivity index (χ0n) is 8.16. The molecule has 4 nitrogen and oxygen atoms in total. The second-order valence-electron chi connectivity index (χ2n) is 2.76. The maximum absolute atomic E-state index is 8.34. The lowest BCUT2D eigenvalue weighted by Crippen LogP contribution is -2.15. The van der Waals surface area contributed by atoms with Crippen LogP contribution in [0.2, 0.25) is 0 Å². The zero-order valence-corrected chi connectivity index (χ0v) is 8.16. The summed E-state index contributed by atoms with van der Waals surface area (Å²) in [6.07, 6.45) is 2.21. The molecule has 0 unspecified atom stereocenters. The van der Waals surface area contributed by atoms with Crippen molar-refractivity contribution in [1.82, 2.24) is 10.3 Å². The van der Waals surface area contributed by atoms with E-state index < -0.39 is 0 Å². The monoisotopic (exact) mass is 191 g/mol. The van der Waals surface area contributed by atoms with Gasteiger partial charge in [-0.25, -0.2) is 4.98 Å². The molecular formula is C10H13N3O. The third-order valence-corrected chi connectivity index (χ3v) is 1.77. The van der Waals surface area contributed by atoms with Crippen LogP contribution >= 0.6 is 0 Å². The van der Waals surface area contributed by atoms with Crippen LogP contribution in [0, 0.1) is 11.3 Å². The largest absolute Gasteiger partial charge is 0.481 e. The maximum atomic E-state index is 8.34. The molecule has 1 aromatic rings. The molecule has 4 heteroatoms. The first kappa shape index (κ1) is 10.5. The number of nitriles is 1. The fourth-order valence-electron chi connectivity index (χ4n) is 1.11. The minimum absolute atomic E-state index is 0.516. The van der Waals surface area contributed by atoms with E-state index in [2.05, 4.69) is 16.4 Å². The van der Waals surface area contributed by atoms with Crippen LogP contribution in [-0.2, 0) is 6.54 Å². The van der Waals surface area contributed by atoms with Crippen molar-refractivity contribution in [3.63, 3.8) is 0 Å². The van der Waals surface area contributed by atoms with Gasteiger partial charge in [0.15, 0.2) is 0 Å². The number of nitrogens with zero attached hydrogens (tertiary/aromatic N) is 2. The number of hydrogen-bond acceptors (Lipinski definition) is 4. The lowest BCUT2D eigenvalue weighted by atomic mass is 10.2. The molecule has 0 saturated heterocycles. The van der Waals surface area contributed by atoms with Crippen LogP contribution in [0.4, 0.5) is 0 Å². The molecule has 74 valence electrons. The quantitative estimate of drug-likeness (QED) is 0.708. The molecular weight excluding hydrogens is 178 g/mol. The van der Waals surface area contributed by atoms with Crippen LogP contribution in [-0.4, -0.2) is 18.6 Å². The average molecular weight is 191 g/mol. The Labute approximate surface area is 83.5 Å². The summed E-state index contributed by atoms with van der Waals surface area (Å²) in [7, 11) is 1.60. The van der Waals surface area contributed by atoms with Crippen LogP contribution in [0.25, 0.3) is 0 Å². The zero-order chi connectivity index (χ0) is 10.2. The summed E-state index contributed by atoms with van der Waals surface area (Å²) in [5.41, 5.74) is 1.01. The van der Waals surface area contributed by atoms with E-state index in [1.54, 1.807) is 13.3 Å². The molecule has 0 atom stereocenters. The summed E-state index contributed by atoms with van der Waals surface area (Å²) >= 11 is 0. The van der Waals surface area contributed by atoms with E-state index in [1.807, 2.05) is 12.1 Å². The summed E-state index contributed by atoms with van der Waals surface area (Å²) in [6.45, 7) is 1.37. The second kappa shape index (κ2) is 5.95. The highest BCUT2D eigenvalue weighted by molar-refractivity contribution is 5.24. The van der Waals surface area contributed by atoms with Gasteiger partial charge in [-0.1, -0.05) is 6.07 Å². The minimum Gasteiger partial charge on any atom is -0.481 e. The van der Waals surface area contributed by atoms with E-state index in [4.69, 9.17) is 10.00 Å². The van der Waals surface area contributed by atoms with Crippen molar-refractivity contribution in [2.75, 3.05) is 13.7 Å². The van der Waals surface area contributed by atoms with Gasteiger partial charge in [-0.05, 0) is 6.07 Å². The van der Waals surface area contributed by atoms with Gasteiger partial charge in [0.2, 0.25) is 5.88 Å². The molecule has 1 rings (SSSR count). The first-order chi connectivity index (χ1) is 6.88. The van der Waals surface area contributed by atoms with E-state index in [9.17, 15) is 0 Å². The molecule has 0 radical (unpaired) electrons. The Bertz CT molecular complexity index is 319. The van der Waals surface area contributed by atoms with Gasteiger partial charge in [-0.2, -0.15) is 5.26 Å². The number of methoxy groups -OCH3 is 1. The summed E-state index contributed by atoms with van der Waals surface area (Å²) in [6, 6.07) is 5.89. The molecule has 0 saturated carbocycles. The fraction of sp³-hybridized carbons (Fsp3) is 0.400. The van der Waals surface area contributed by atoms with Crippen LogP contribution in [0.1, 0.15) is 12.0 Å². The summed E-state index contributed by atoms with van der Waals surface area (Å²) in [5, 5.41) is 11.5. The van der Waals surface area contributed by atoms with Crippen molar-refractivity contribution in [2.24, 2.45) is 0 Å². The Hall–Kier alpha value is -1.60. The molecule has 0 aliphatic heterocycles. The van der Waals surface area contributed by atoms with E-state index in [-0.39, 0.29) is 0 Å². The van der Waals surface area contributed by atoms with Crippen LogP contribution < -0.4 is 10.1 Å². The van der Waals surface area contributed by atoms with E-state index >= 15 is 0 Å². The smallest absolute Gasteiger partial charge is 0.217 e. The van der Waals surface area contributed by atoms with E-state index in [0.29, 0.717) is 25.4 Å². The number of aromatic nitrogens is 1. The van der Waals surface area contributed by atoms with Gasteiger partial charge in [0.05, 0.1) is 13.2 Å². The number of rotatable bonds is 5. The van der Waals surface area contributed by atoms with Crippen molar-refractivity contribution in [3.05, 3.63) is 23.9 Å². The minimum atomic E-state index is 0.516. The molecule has 1 aromatic heterocycles. The molecule has 0 aromatic carbocycles. The van der Waals surface area contributed by atoms with Crippen molar-refractivity contribution >= 4 is 0 Å². The highest BCUT2D eigenvalue weighted by Gasteiger charge is 2.01. The molecule has 14 heavy (non-hydrogen) atoms. The van der Waals surface area contributed by atoms with Gasteiger partial charge in [0.1, 0.15) is 0 Å². The topological polar surface area (TPSA) is 57.9 Å². The Morgan fingerprint density at radius 1 is 1.64 bits per heavy atom. The molecule has 1 N–H and O–H groups in total. The third-order valence-electron chi connectivity index (χ3n) is 1.77. The van der Waals surface area contributed by atoms with Crippen LogP contribution in [0.15, 0.2) is 18.3 Å². The van der Waals surface area contributed by atoms with Gasteiger partial charge in [0, 0.05) is 31.3 Å². The van der Waals surface area contributed by atoms with Gasteiger partial charge in [-0.15, -0.1) is 0 Å². The number of pyridine rings is 1. The predicted octanol–water partition coefficient (Wildman–Crippen LogP) is 1.09. The Balaban J connectivity index is 2.46. The van der Waals surface area contributed by atoms with Crippen molar-refractivity contribution in [2.45, 2.75) is 13.0 Å². The summed E-state index contributed by atoms with van der Waals surface area (Å²) in [5.74, 6) is 0.636. The Kier molecular flexibility index (Phi) is 4.45. The number of ether oxygens (including phenoxy) is 1. The molecule has 0 aliphatic carbocycles. The molecule has 1 heterocycles. The van der Waals surface area contributed by atoms with Crippen molar-refractivity contribution in [1.29, 1.82) is 5.26 Å². The molecule has 0 bridgehead atoms. The first-order valence-electron chi connectivity index (χ1n) is 4.44. The average Bonchev–Trinajstić information content (AvgIpc) is 2.25. The Morgan fingerprint density at radius 2 is 2.50 bits per heavy atom. The van der Waals surface area contributed by atoms with Gasteiger partial charge in [0.25, 0.3) is 0 Å². The number of nitrogens with one attached hydrogen (secondary N) is 1. The van der Waals surface area contributed by atoms with Crippen LogP contribution in [0.5, 0.6) is 5.88 Å². The third kappa shape index (κ3) is 3.04. The van der Waals surface area contributed by atoms with Crippen molar-refractivity contribution in [3.8, 4) is 11.9 Å². The summed E-state index contributed by atoms with van der Waals surface area (Å²) < 4.78 is 5.09. The summed E-state index contributed by atoms with van der Waals surface area (Å²) in [4.78, 5) is 4.07. The van der Waals surface area contributed by atoms with Gasteiger partial charge < -0.3 is 10.1 Å². The van der Waals surface area contributed by atoms with E-state index in [1.165, 1.54) is 0 Å². The fourth-order valence-corrected chi connectivity index (χ4v) is 1.11. The molecule has 0 aliphatic rings.